The second-order valence-corrected chi connectivity index (χ2v) is 8.99. The number of fused-ring (bicyclic) bond motifs is 2. The van der Waals surface area contributed by atoms with Gasteiger partial charge in [-0.25, -0.2) is 0 Å². The lowest BCUT2D eigenvalue weighted by Crippen LogP contribution is -2.17. The topological polar surface area (TPSA) is 6.48 Å². The summed E-state index contributed by atoms with van der Waals surface area (Å²) in [7, 11) is 8.77. The van der Waals surface area contributed by atoms with Gasteiger partial charge in [-0.05, 0) is 99.9 Å². The summed E-state index contributed by atoms with van der Waals surface area (Å²) in [5, 5.41) is 5.64. The second-order valence-electron chi connectivity index (χ2n) is 8.99. The Morgan fingerprint density at radius 2 is 0.500 bits per heavy atom. The van der Waals surface area contributed by atoms with Crippen LogP contribution in [0.1, 0.15) is 44.5 Å². The Morgan fingerprint density at radius 1 is 0.321 bits per heavy atom. The van der Waals surface area contributed by atoms with Crippen LogP contribution in [0, 0.1) is 55.4 Å². The normalized spacial score (nSPS) is 11.6. The van der Waals surface area contributed by atoms with Gasteiger partial charge in [-0.15, -0.1) is 0 Å². The monoisotopic (exact) mass is 376 g/mol. The maximum absolute atomic E-state index is 2.33. The smallest absolute Gasteiger partial charge is 0.0527 e. The molecule has 0 fully saturated rings. The lowest BCUT2D eigenvalue weighted by molar-refractivity contribution is 1.12. The number of hydrogen-bond acceptors (Lipinski definition) is 2. The molecule has 3 rings (SSSR count). The third-order valence-corrected chi connectivity index (χ3v) is 7.22. The molecule has 28 heavy (non-hydrogen) atoms. The molecule has 0 aromatic heterocycles. The molecule has 0 atom stereocenters. The molecule has 2 heteroatoms. The van der Waals surface area contributed by atoms with Gasteiger partial charge in [0, 0.05) is 49.7 Å². The van der Waals surface area contributed by atoms with Crippen LogP contribution < -0.4 is 9.80 Å². The van der Waals surface area contributed by atoms with Crippen molar-refractivity contribution < 1.29 is 0 Å². The molecule has 0 aliphatic heterocycles. The number of anilines is 2. The van der Waals surface area contributed by atoms with Crippen LogP contribution in [0.5, 0.6) is 0 Å². The maximum Gasteiger partial charge on any atom is 0.0527 e. The fraction of sp³-hybridized carbons (Fsp3) is 0.462. The van der Waals surface area contributed by atoms with Gasteiger partial charge in [-0.1, -0.05) is 0 Å². The molecule has 0 aliphatic rings. The van der Waals surface area contributed by atoms with Crippen LogP contribution in [0.2, 0.25) is 0 Å². The zero-order valence-corrected chi connectivity index (χ0v) is 19.9. The van der Waals surface area contributed by atoms with Crippen LogP contribution >= 0.6 is 0 Å². The average molecular weight is 377 g/mol. The molecule has 2 nitrogen and oxygen atoms in total. The van der Waals surface area contributed by atoms with Crippen LogP contribution in [-0.4, -0.2) is 28.2 Å². The van der Waals surface area contributed by atoms with Crippen LogP contribution in [0.4, 0.5) is 11.4 Å². The van der Waals surface area contributed by atoms with E-state index in [1.54, 1.807) is 0 Å². The summed E-state index contributed by atoms with van der Waals surface area (Å²) >= 11 is 0. The van der Waals surface area contributed by atoms with Crippen molar-refractivity contribution in [1.29, 1.82) is 0 Å². The molecular formula is C26H36N2. The van der Waals surface area contributed by atoms with Crippen molar-refractivity contribution in [2.24, 2.45) is 0 Å². The standard InChI is InChI=1S/C26H36N2/c1-13-14(2)18(6)22-21(17(13)5)25(27(9)10)23-19(7)15(3)16(4)20(8)24(23)26(22)28(11)12/h1-12H3. The van der Waals surface area contributed by atoms with Crippen molar-refractivity contribution in [1.82, 2.24) is 0 Å². The van der Waals surface area contributed by atoms with Crippen molar-refractivity contribution >= 4 is 32.9 Å². The van der Waals surface area contributed by atoms with Crippen molar-refractivity contribution in [2.75, 3.05) is 38.0 Å². The Morgan fingerprint density at radius 3 is 0.643 bits per heavy atom. The van der Waals surface area contributed by atoms with Gasteiger partial charge in [0.25, 0.3) is 0 Å². The van der Waals surface area contributed by atoms with E-state index in [0.29, 0.717) is 0 Å². The molecular weight excluding hydrogens is 340 g/mol. The first-order valence-electron chi connectivity index (χ1n) is 10.2. The van der Waals surface area contributed by atoms with Gasteiger partial charge in [0.15, 0.2) is 0 Å². The maximum atomic E-state index is 2.33. The highest BCUT2D eigenvalue weighted by Gasteiger charge is 2.25. The van der Waals surface area contributed by atoms with E-state index in [0.717, 1.165) is 0 Å². The highest BCUT2D eigenvalue weighted by molar-refractivity contribution is 6.24. The highest BCUT2D eigenvalue weighted by Crippen LogP contribution is 2.49. The molecule has 0 heterocycles. The number of rotatable bonds is 2. The summed E-state index contributed by atoms with van der Waals surface area (Å²) in [5.41, 5.74) is 14.0. The third kappa shape index (κ3) is 2.53. The van der Waals surface area contributed by atoms with E-state index < -0.39 is 0 Å². The second kappa shape index (κ2) is 6.69. The lowest BCUT2D eigenvalue weighted by Gasteiger charge is -2.31. The van der Waals surface area contributed by atoms with Crippen molar-refractivity contribution in [3.05, 3.63) is 44.5 Å². The predicted molar refractivity (Wildman–Crippen MR) is 128 cm³/mol. The van der Waals surface area contributed by atoms with E-state index in [2.05, 4.69) is 93.4 Å². The molecule has 0 saturated heterocycles. The predicted octanol–water partition coefficient (Wildman–Crippen LogP) is 6.59. The molecule has 0 aliphatic carbocycles. The van der Waals surface area contributed by atoms with Crippen LogP contribution in [0.25, 0.3) is 21.5 Å². The summed E-state index contributed by atoms with van der Waals surface area (Å²) in [6, 6.07) is 0. The molecule has 0 unspecified atom stereocenters. The minimum Gasteiger partial charge on any atom is -0.377 e. The summed E-state index contributed by atoms with van der Waals surface area (Å²) in [6.07, 6.45) is 0. The molecule has 0 bridgehead atoms. The van der Waals surface area contributed by atoms with Gasteiger partial charge in [0.1, 0.15) is 0 Å². The number of aryl methyl sites for hydroxylation is 4. The Hall–Kier alpha value is -2.22. The van der Waals surface area contributed by atoms with Crippen molar-refractivity contribution in [2.45, 2.75) is 55.4 Å². The van der Waals surface area contributed by atoms with Crippen LogP contribution in [0.3, 0.4) is 0 Å². The van der Waals surface area contributed by atoms with Gasteiger partial charge < -0.3 is 9.80 Å². The lowest BCUT2D eigenvalue weighted by atomic mass is 9.82. The molecule has 0 radical (unpaired) electrons. The SMILES string of the molecule is Cc1c(C)c(C)c2c(N(C)C)c3c(C)c(C)c(C)c(C)c3c(N(C)C)c2c1C. The first-order valence-corrected chi connectivity index (χ1v) is 10.2. The van der Waals surface area contributed by atoms with Crippen LogP contribution in [-0.2, 0) is 0 Å². The number of hydrogen-bond donors (Lipinski definition) is 0. The molecule has 150 valence electrons. The van der Waals surface area contributed by atoms with E-state index >= 15 is 0 Å². The zero-order chi connectivity index (χ0) is 21.2. The molecule has 3 aromatic rings. The first kappa shape index (κ1) is 20.5. The van der Waals surface area contributed by atoms with E-state index in [4.69, 9.17) is 0 Å². The van der Waals surface area contributed by atoms with E-state index in [9.17, 15) is 0 Å². The molecule has 0 saturated carbocycles. The van der Waals surface area contributed by atoms with Crippen molar-refractivity contribution in [3.63, 3.8) is 0 Å². The molecule has 3 aromatic carbocycles. The number of benzene rings is 3. The molecule has 0 amide bonds. The zero-order valence-electron chi connectivity index (χ0n) is 19.9. The summed E-state index contributed by atoms with van der Waals surface area (Å²) < 4.78 is 0. The minimum atomic E-state index is 1.36. The van der Waals surface area contributed by atoms with E-state index in [1.165, 1.54) is 77.4 Å². The third-order valence-electron chi connectivity index (χ3n) is 7.22. The van der Waals surface area contributed by atoms with Gasteiger partial charge in [-0.2, -0.15) is 0 Å². The Bertz CT molecular complexity index is 961. The summed E-state index contributed by atoms with van der Waals surface area (Å²) in [4.78, 5) is 4.65. The van der Waals surface area contributed by atoms with Gasteiger partial charge >= 0.3 is 0 Å². The summed E-state index contributed by atoms with van der Waals surface area (Å²) in [6.45, 7) is 18.3. The van der Waals surface area contributed by atoms with E-state index in [-0.39, 0.29) is 0 Å². The molecule has 0 spiro atoms. The summed E-state index contributed by atoms with van der Waals surface area (Å²) in [5.74, 6) is 0. The van der Waals surface area contributed by atoms with Crippen molar-refractivity contribution in [3.8, 4) is 0 Å². The van der Waals surface area contributed by atoms with Gasteiger partial charge in [-0.3, -0.25) is 0 Å². The van der Waals surface area contributed by atoms with Gasteiger partial charge in [0.05, 0.1) is 11.4 Å². The Kier molecular flexibility index (Phi) is 4.90. The largest absolute Gasteiger partial charge is 0.377 e. The quantitative estimate of drug-likeness (QED) is 0.367. The highest BCUT2D eigenvalue weighted by atomic mass is 15.1. The first-order chi connectivity index (χ1) is 12.9. The van der Waals surface area contributed by atoms with Gasteiger partial charge in [0.2, 0.25) is 0 Å². The Balaban J connectivity index is 2.93. The average Bonchev–Trinajstić information content (AvgIpc) is 2.64. The fourth-order valence-corrected chi connectivity index (χ4v) is 4.95. The number of nitrogens with zero attached hydrogens (tertiary/aromatic N) is 2. The Labute approximate surface area is 171 Å². The fourth-order valence-electron chi connectivity index (χ4n) is 4.95. The molecule has 0 N–H and O–H groups in total. The minimum absolute atomic E-state index is 1.36. The van der Waals surface area contributed by atoms with Crippen LogP contribution in [0.15, 0.2) is 0 Å². The van der Waals surface area contributed by atoms with E-state index in [1.807, 2.05) is 0 Å².